The first-order valence-corrected chi connectivity index (χ1v) is 8.57. The van der Waals surface area contributed by atoms with Crippen LogP contribution in [0.4, 0.5) is 10.1 Å². The molecule has 3 rings (SSSR count). The summed E-state index contributed by atoms with van der Waals surface area (Å²) < 4.78 is 14.3. The minimum atomic E-state index is -0.315. The predicted octanol–water partition coefficient (Wildman–Crippen LogP) is 3.57. The molecule has 6 heteroatoms. The van der Waals surface area contributed by atoms with Gasteiger partial charge in [0.15, 0.2) is 0 Å². The van der Waals surface area contributed by atoms with Gasteiger partial charge >= 0.3 is 0 Å². The average molecular weight is 350 g/mol. The summed E-state index contributed by atoms with van der Waals surface area (Å²) >= 11 is 6.34. The second-order valence-electron chi connectivity index (χ2n) is 6.78. The lowest BCUT2D eigenvalue weighted by molar-refractivity contribution is 0.356. The van der Waals surface area contributed by atoms with Gasteiger partial charge in [-0.2, -0.15) is 5.10 Å². The lowest BCUT2D eigenvalue weighted by Gasteiger charge is -2.36. The van der Waals surface area contributed by atoms with Crippen LogP contribution < -0.4 is 10.5 Å². The van der Waals surface area contributed by atoms with E-state index >= 15 is 0 Å². The molecule has 0 saturated carbocycles. The number of hydrogen-bond donors (Lipinski definition) is 0. The summed E-state index contributed by atoms with van der Waals surface area (Å²) in [6.07, 6.45) is 2.85. The first kappa shape index (κ1) is 17.0. The van der Waals surface area contributed by atoms with Gasteiger partial charge in [-0.3, -0.25) is 4.79 Å². The summed E-state index contributed by atoms with van der Waals surface area (Å²) in [7, 11) is 0. The fraction of sp³-hybridized carbons (Fsp3) is 0.444. The number of hydrogen-bond acceptors (Lipinski definition) is 3. The Morgan fingerprint density at radius 3 is 2.46 bits per heavy atom. The van der Waals surface area contributed by atoms with Crippen LogP contribution in [0.15, 0.2) is 35.3 Å². The van der Waals surface area contributed by atoms with Crippen molar-refractivity contribution < 1.29 is 4.39 Å². The minimum absolute atomic E-state index is 0.202. The van der Waals surface area contributed by atoms with Crippen LogP contribution in [0.3, 0.4) is 0 Å². The van der Waals surface area contributed by atoms with Crippen LogP contribution in [0.25, 0.3) is 0 Å². The van der Waals surface area contributed by atoms with Crippen LogP contribution in [-0.2, 0) is 6.54 Å². The van der Waals surface area contributed by atoms with Gasteiger partial charge in [-0.1, -0.05) is 37.6 Å². The second-order valence-corrected chi connectivity index (χ2v) is 7.16. The van der Waals surface area contributed by atoms with Gasteiger partial charge in [0.2, 0.25) is 0 Å². The Hall–Kier alpha value is -1.88. The van der Waals surface area contributed by atoms with Crippen LogP contribution in [0.2, 0.25) is 5.02 Å². The van der Waals surface area contributed by atoms with Gasteiger partial charge in [-0.15, -0.1) is 0 Å². The van der Waals surface area contributed by atoms with E-state index < -0.39 is 0 Å². The molecule has 0 N–H and O–H groups in total. The number of rotatable bonds is 3. The molecule has 1 fully saturated rings. The van der Waals surface area contributed by atoms with Crippen molar-refractivity contribution in [3.63, 3.8) is 0 Å². The molecule has 0 amide bonds. The molecule has 0 aliphatic carbocycles. The molecule has 2 heterocycles. The zero-order chi connectivity index (χ0) is 17.3. The van der Waals surface area contributed by atoms with E-state index in [0.717, 1.165) is 18.7 Å². The molecule has 2 atom stereocenters. The molecular weight excluding hydrogens is 329 g/mol. The molecule has 0 unspecified atom stereocenters. The highest BCUT2D eigenvalue weighted by atomic mass is 35.5. The number of benzene rings is 1. The zero-order valence-corrected chi connectivity index (χ0v) is 14.6. The number of nitrogens with zero attached hydrogens (tertiary/aromatic N) is 3. The highest BCUT2D eigenvalue weighted by Gasteiger charge is 2.25. The maximum atomic E-state index is 13.0. The molecule has 1 aromatic heterocycles. The number of piperidine rings is 1. The van der Waals surface area contributed by atoms with Gasteiger partial charge < -0.3 is 4.90 Å². The minimum Gasteiger partial charge on any atom is -0.368 e. The second kappa shape index (κ2) is 6.93. The molecule has 0 bridgehead atoms. The van der Waals surface area contributed by atoms with Crippen LogP contribution in [0.5, 0.6) is 0 Å². The Bertz CT molecular complexity index is 765. The van der Waals surface area contributed by atoms with Crippen molar-refractivity contribution in [1.29, 1.82) is 0 Å². The molecule has 4 nitrogen and oxygen atoms in total. The Balaban J connectivity index is 1.86. The van der Waals surface area contributed by atoms with Crippen LogP contribution in [0.1, 0.15) is 25.8 Å². The van der Waals surface area contributed by atoms with Crippen molar-refractivity contribution in [2.75, 3.05) is 18.0 Å². The van der Waals surface area contributed by atoms with E-state index in [1.807, 2.05) is 0 Å². The van der Waals surface area contributed by atoms with Crippen LogP contribution >= 0.6 is 11.6 Å². The quantitative estimate of drug-likeness (QED) is 0.850. The SMILES string of the molecule is C[C@H]1C[C@H](C)CN(c2cnn(Cc3ccc(F)cc3)c(=O)c2Cl)C1. The van der Waals surface area contributed by atoms with Crippen molar-refractivity contribution in [3.8, 4) is 0 Å². The summed E-state index contributed by atoms with van der Waals surface area (Å²) in [5.41, 5.74) is 1.19. The third-order valence-electron chi connectivity index (χ3n) is 4.42. The Kier molecular flexibility index (Phi) is 4.90. The third kappa shape index (κ3) is 3.61. The monoisotopic (exact) mass is 349 g/mol. The largest absolute Gasteiger partial charge is 0.368 e. The first-order chi connectivity index (χ1) is 11.4. The molecule has 2 aromatic rings. The standard InChI is InChI=1S/C18H21ClFN3O/c1-12-7-13(2)10-22(9-12)16-8-21-23(18(24)17(16)19)11-14-3-5-15(20)6-4-14/h3-6,8,12-13H,7,9-11H2,1-2H3/t12-,13-/m0/s1. The predicted molar refractivity (Wildman–Crippen MR) is 94.2 cm³/mol. The number of aromatic nitrogens is 2. The highest BCUT2D eigenvalue weighted by Crippen LogP contribution is 2.29. The topological polar surface area (TPSA) is 38.1 Å². The van der Waals surface area contributed by atoms with Crippen molar-refractivity contribution in [2.45, 2.75) is 26.8 Å². The molecule has 0 spiro atoms. The van der Waals surface area contributed by atoms with Crippen molar-refractivity contribution in [3.05, 3.63) is 57.2 Å². The van der Waals surface area contributed by atoms with Crippen molar-refractivity contribution in [2.24, 2.45) is 11.8 Å². The molecule has 1 aromatic carbocycles. The van der Waals surface area contributed by atoms with E-state index in [1.54, 1.807) is 18.3 Å². The maximum Gasteiger partial charge on any atom is 0.287 e. The van der Waals surface area contributed by atoms with Crippen LogP contribution in [0, 0.1) is 17.7 Å². The van der Waals surface area contributed by atoms with E-state index in [9.17, 15) is 9.18 Å². The molecular formula is C18H21ClFN3O. The zero-order valence-electron chi connectivity index (χ0n) is 13.9. The van der Waals surface area contributed by atoms with Gasteiger partial charge in [-0.05, 0) is 36.0 Å². The van der Waals surface area contributed by atoms with Crippen molar-refractivity contribution in [1.82, 2.24) is 9.78 Å². The van der Waals surface area contributed by atoms with Gasteiger partial charge in [0.1, 0.15) is 10.8 Å². The Morgan fingerprint density at radius 1 is 1.21 bits per heavy atom. The normalized spacial score (nSPS) is 21.1. The van der Waals surface area contributed by atoms with Gasteiger partial charge in [-0.25, -0.2) is 9.07 Å². The van der Waals surface area contributed by atoms with E-state index in [0.29, 0.717) is 17.5 Å². The number of anilines is 1. The van der Waals surface area contributed by atoms with Gasteiger partial charge in [0, 0.05) is 13.1 Å². The third-order valence-corrected chi connectivity index (χ3v) is 4.78. The summed E-state index contributed by atoms with van der Waals surface area (Å²) in [6.45, 7) is 6.45. The van der Waals surface area contributed by atoms with Gasteiger partial charge in [0.05, 0.1) is 18.4 Å². The Morgan fingerprint density at radius 2 is 1.83 bits per heavy atom. The number of halogens is 2. The highest BCUT2D eigenvalue weighted by molar-refractivity contribution is 6.33. The molecule has 24 heavy (non-hydrogen) atoms. The van der Waals surface area contributed by atoms with E-state index in [4.69, 9.17) is 11.6 Å². The molecule has 128 valence electrons. The molecule has 1 saturated heterocycles. The fourth-order valence-corrected chi connectivity index (χ4v) is 3.68. The summed E-state index contributed by atoms with van der Waals surface area (Å²) in [6, 6.07) is 6.01. The summed E-state index contributed by atoms with van der Waals surface area (Å²) in [4.78, 5) is 14.7. The summed E-state index contributed by atoms with van der Waals surface area (Å²) in [5.74, 6) is 0.818. The van der Waals surface area contributed by atoms with Gasteiger partial charge in [0.25, 0.3) is 5.56 Å². The lowest BCUT2D eigenvalue weighted by Crippen LogP contribution is -2.40. The fourth-order valence-electron chi connectivity index (χ4n) is 3.41. The van der Waals surface area contributed by atoms with E-state index in [-0.39, 0.29) is 22.9 Å². The van der Waals surface area contributed by atoms with E-state index in [2.05, 4.69) is 23.8 Å². The smallest absolute Gasteiger partial charge is 0.287 e. The molecule has 1 aliphatic rings. The molecule has 0 radical (unpaired) electrons. The van der Waals surface area contributed by atoms with Crippen LogP contribution in [-0.4, -0.2) is 22.9 Å². The summed E-state index contributed by atoms with van der Waals surface area (Å²) in [5, 5.41) is 4.47. The maximum absolute atomic E-state index is 13.0. The van der Waals surface area contributed by atoms with E-state index in [1.165, 1.54) is 23.2 Å². The lowest BCUT2D eigenvalue weighted by atomic mass is 9.92. The first-order valence-electron chi connectivity index (χ1n) is 8.19. The Labute approximate surface area is 145 Å². The van der Waals surface area contributed by atoms with Crippen molar-refractivity contribution >= 4 is 17.3 Å². The molecule has 1 aliphatic heterocycles. The average Bonchev–Trinajstić information content (AvgIpc) is 2.53.